The van der Waals surface area contributed by atoms with E-state index in [9.17, 15) is 19.1 Å². The molecule has 2 amide bonds. The van der Waals surface area contributed by atoms with E-state index in [1.165, 1.54) is 12.1 Å². The van der Waals surface area contributed by atoms with Gasteiger partial charge in [0, 0.05) is 36.9 Å². The molecular formula is C27H27FN4O3. The molecule has 7 nitrogen and oxygen atoms in total. The maximum Gasteiger partial charge on any atom is 0.317 e. The van der Waals surface area contributed by atoms with Crippen LogP contribution >= 0.6 is 0 Å². The molecule has 2 aromatic heterocycles. The molecule has 0 aliphatic carbocycles. The molecule has 0 aliphatic rings. The van der Waals surface area contributed by atoms with Crippen LogP contribution in [-0.2, 0) is 24.3 Å². The van der Waals surface area contributed by atoms with E-state index in [1.54, 1.807) is 21.7 Å². The minimum atomic E-state index is -0.948. The Labute approximate surface area is 202 Å². The van der Waals surface area contributed by atoms with Crippen LogP contribution in [0.5, 0.6) is 0 Å². The van der Waals surface area contributed by atoms with Crippen molar-refractivity contribution in [1.29, 1.82) is 0 Å². The van der Waals surface area contributed by atoms with Gasteiger partial charge in [0.15, 0.2) is 0 Å². The van der Waals surface area contributed by atoms with Crippen molar-refractivity contribution in [3.8, 4) is 5.69 Å². The second kappa shape index (κ2) is 10.4. The van der Waals surface area contributed by atoms with E-state index < -0.39 is 11.8 Å². The second-order valence-corrected chi connectivity index (χ2v) is 8.35. The topological polar surface area (TPSA) is 87.5 Å². The average Bonchev–Trinajstić information content (AvgIpc) is 3.18. The van der Waals surface area contributed by atoms with E-state index in [1.807, 2.05) is 56.3 Å². The SMILES string of the molecule is CCN(Cc1cc(F)ccc1-n1cc(CC(=O)O)c2ccc(C)nc21)C(=O)NCc1ccccc1. The number of benzene rings is 2. The molecule has 8 heteroatoms. The molecule has 0 spiro atoms. The number of fused-ring (bicyclic) bond motifs is 1. The smallest absolute Gasteiger partial charge is 0.317 e. The second-order valence-electron chi connectivity index (χ2n) is 8.35. The average molecular weight is 475 g/mol. The Morgan fingerprint density at radius 2 is 1.86 bits per heavy atom. The molecule has 0 saturated carbocycles. The molecule has 35 heavy (non-hydrogen) atoms. The maximum absolute atomic E-state index is 14.3. The van der Waals surface area contributed by atoms with Gasteiger partial charge in [-0.3, -0.25) is 4.79 Å². The first-order valence-corrected chi connectivity index (χ1v) is 11.4. The van der Waals surface area contributed by atoms with Gasteiger partial charge in [0.1, 0.15) is 11.5 Å². The fourth-order valence-corrected chi connectivity index (χ4v) is 4.09. The Hall–Kier alpha value is -4.20. The highest BCUT2D eigenvalue weighted by Gasteiger charge is 2.19. The molecular weight excluding hydrogens is 447 g/mol. The van der Waals surface area contributed by atoms with Crippen LogP contribution in [0.3, 0.4) is 0 Å². The summed E-state index contributed by atoms with van der Waals surface area (Å²) in [4.78, 5) is 30.6. The zero-order valence-electron chi connectivity index (χ0n) is 19.7. The quantitative estimate of drug-likeness (QED) is 0.383. The van der Waals surface area contributed by atoms with E-state index in [0.717, 1.165) is 16.6 Å². The molecule has 2 heterocycles. The number of rotatable bonds is 8. The van der Waals surface area contributed by atoms with E-state index in [2.05, 4.69) is 10.3 Å². The highest BCUT2D eigenvalue weighted by Crippen LogP contribution is 2.27. The molecule has 0 radical (unpaired) electrons. The standard InChI is InChI=1S/C27H27FN4O3/c1-3-31(27(35)29-15-19-7-5-4-6-8-19)16-21-13-22(28)10-12-24(21)32-17-20(14-25(33)34)23-11-9-18(2)30-26(23)32/h4-13,17H,3,14-16H2,1-2H3,(H,29,35)(H,33,34). The Bertz CT molecular complexity index is 1370. The first-order chi connectivity index (χ1) is 16.9. The number of aromatic nitrogens is 2. The van der Waals surface area contributed by atoms with Gasteiger partial charge in [-0.15, -0.1) is 0 Å². The zero-order valence-corrected chi connectivity index (χ0v) is 19.7. The van der Waals surface area contributed by atoms with E-state index >= 15 is 0 Å². The molecule has 0 saturated heterocycles. The molecule has 0 unspecified atom stereocenters. The molecule has 0 fully saturated rings. The third-order valence-electron chi connectivity index (χ3n) is 5.83. The van der Waals surface area contributed by atoms with Crippen molar-refractivity contribution in [2.45, 2.75) is 33.4 Å². The molecule has 4 aromatic rings. The van der Waals surface area contributed by atoms with Crippen LogP contribution in [0.1, 0.15) is 29.3 Å². The first-order valence-electron chi connectivity index (χ1n) is 11.4. The first kappa shape index (κ1) is 23.9. The van der Waals surface area contributed by atoms with Gasteiger partial charge in [-0.25, -0.2) is 14.2 Å². The summed E-state index contributed by atoms with van der Waals surface area (Å²) in [5.74, 6) is -1.37. The molecule has 2 N–H and O–H groups in total. The number of urea groups is 1. The van der Waals surface area contributed by atoms with Crippen molar-refractivity contribution >= 4 is 23.0 Å². The lowest BCUT2D eigenvalue weighted by Gasteiger charge is -2.23. The Kier molecular flexibility index (Phi) is 7.10. The predicted molar refractivity (Wildman–Crippen MR) is 132 cm³/mol. The number of nitrogens with zero attached hydrogens (tertiary/aromatic N) is 3. The van der Waals surface area contributed by atoms with Crippen LogP contribution in [0.4, 0.5) is 9.18 Å². The number of aliphatic carboxylic acids is 1. The minimum Gasteiger partial charge on any atom is -0.481 e. The number of hydrogen-bond donors (Lipinski definition) is 2. The number of hydrogen-bond acceptors (Lipinski definition) is 3. The Morgan fingerprint density at radius 3 is 2.57 bits per heavy atom. The highest BCUT2D eigenvalue weighted by molar-refractivity contribution is 5.86. The lowest BCUT2D eigenvalue weighted by atomic mass is 10.1. The molecule has 0 aliphatic heterocycles. The number of carboxylic acids is 1. The number of nitrogens with one attached hydrogen (secondary N) is 1. The molecule has 4 rings (SSSR count). The molecule has 0 bridgehead atoms. The summed E-state index contributed by atoms with van der Waals surface area (Å²) in [5.41, 5.74) is 4.19. The van der Waals surface area contributed by atoms with Gasteiger partial charge in [0.05, 0.1) is 12.1 Å². The van der Waals surface area contributed by atoms with Crippen molar-refractivity contribution in [3.05, 3.63) is 95.1 Å². The lowest BCUT2D eigenvalue weighted by Crippen LogP contribution is -2.39. The van der Waals surface area contributed by atoms with E-state index in [4.69, 9.17) is 0 Å². The summed E-state index contributed by atoms with van der Waals surface area (Å²) in [6, 6.07) is 17.4. The largest absolute Gasteiger partial charge is 0.481 e. The van der Waals surface area contributed by atoms with Crippen molar-refractivity contribution in [2.24, 2.45) is 0 Å². The summed E-state index contributed by atoms with van der Waals surface area (Å²) in [6.45, 7) is 4.70. The summed E-state index contributed by atoms with van der Waals surface area (Å²) in [5, 5.41) is 13.0. The number of carboxylic acid groups (broad SMARTS) is 1. The number of pyridine rings is 1. The van der Waals surface area contributed by atoms with Crippen LogP contribution in [0.25, 0.3) is 16.7 Å². The summed E-state index contributed by atoms with van der Waals surface area (Å²) in [6.07, 6.45) is 1.57. The van der Waals surface area contributed by atoms with Gasteiger partial charge in [0.25, 0.3) is 0 Å². The van der Waals surface area contributed by atoms with Crippen molar-refractivity contribution in [2.75, 3.05) is 6.54 Å². The van der Waals surface area contributed by atoms with Gasteiger partial charge < -0.3 is 19.9 Å². The fourth-order valence-electron chi connectivity index (χ4n) is 4.09. The van der Waals surface area contributed by atoms with Gasteiger partial charge in [-0.2, -0.15) is 0 Å². The number of halogens is 1. The van der Waals surface area contributed by atoms with E-state index in [-0.39, 0.29) is 19.0 Å². The third kappa shape index (κ3) is 5.48. The normalized spacial score (nSPS) is 10.9. The van der Waals surface area contributed by atoms with Crippen LogP contribution in [0.2, 0.25) is 0 Å². The van der Waals surface area contributed by atoms with Crippen molar-refractivity contribution in [3.63, 3.8) is 0 Å². The third-order valence-corrected chi connectivity index (χ3v) is 5.83. The summed E-state index contributed by atoms with van der Waals surface area (Å²) < 4.78 is 16.1. The van der Waals surface area contributed by atoms with Crippen LogP contribution < -0.4 is 5.32 Å². The number of carbonyl (C=O) groups is 2. The highest BCUT2D eigenvalue weighted by atomic mass is 19.1. The van der Waals surface area contributed by atoms with Crippen LogP contribution in [0, 0.1) is 12.7 Å². The molecule has 2 aromatic carbocycles. The van der Waals surface area contributed by atoms with Gasteiger partial charge in [0.2, 0.25) is 0 Å². The zero-order chi connectivity index (χ0) is 24.9. The van der Waals surface area contributed by atoms with E-state index in [0.29, 0.717) is 35.6 Å². The Morgan fingerprint density at radius 1 is 1.09 bits per heavy atom. The van der Waals surface area contributed by atoms with Crippen LogP contribution in [0.15, 0.2) is 66.9 Å². The number of aryl methyl sites for hydroxylation is 1. The van der Waals surface area contributed by atoms with Gasteiger partial charge >= 0.3 is 12.0 Å². The van der Waals surface area contributed by atoms with Crippen LogP contribution in [-0.4, -0.2) is 38.1 Å². The van der Waals surface area contributed by atoms with Crippen molar-refractivity contribution in [1.82, 2.24) is 19.8 Å². The number of carbonyl (C=O) groups excluding carboxylic acids is 1. The number of amides is 2. The lowest BCUT2D eigenvalue weighted by molar-refractivity contribution is -0.136. The molecule has 0 atom stereocenters. The van der Waals surface area contributed by atoms with Crippen molar-refractivity contribution < 1.29 is 19.1 Å². The summed E-state index contributed by atoms with van der Waals surface area (Å²) >= 11 is 0. The minimum absolute atomic E-state index is 0.159. The molecule has 180 valence electrons. The predicted octanol–water partition coefficient (Wildman–Crippen LogP) is 4.83. The Balaban J connectivity index is 1.68. The van der Waals surface area contributed by atoms with Gasteiger partial charge in [-0.05, 0) is 60.9 Å². The summed E-state index contributed by atoms with van der Waals surface area (Å²) in [7, 11) is 0. The maximum atomic E-state index is 14.3. The van der Waals surface area contributed by atoms with Gasteiger partial charge in [-0.1, -0.05) is 30.3 Å². The fraction of sp³-hybridized carbons (Fsp3) is 0.222. The monoisotopic (exact) mass is 474 g/mol.